The van der Waals surface area contributed by atoms with Gasteiger partial charge in [0.25, 0.3) is 0 Å². The van der Waals surface area contributed by atoms with E-state index in [9.17, 15) is 0 Å². The largest absolute Gasteiger partial charge is 0.309 e. The summed E-state index contributed by atoms with van der Waals surface area (Å²) in [4.78, 5) is 2.32. The SMILES string of the molecule is CCCCCCCCC(CC)CN(C)C. The molecule has 0 spiro atoms. The Hall–Kier alpha value is -0.0400. The fourth-order valence-electron chi connectivity index (χ4n) is 2.15. The predicted molar refractivity (Wildman–Crippen MR) is 70.3 cm³/mol. The molecule has 0 rings (SSSR count). The van der Waals surface area contributed by atoms with Gasteiger partial charge in [-0.25, -0.2) is 0 Å². The van der Waals surface area contributed by atoms with Crippen molar-refractivity contribution < 1.29 is 0 Å². The molecule has 0 aliphatic carbocycles. The van der Waals surface area contributed by atoms with Crippen LogP contribution in [0.5, 0.6) is 0 Å². The Morgan fingerprint density at radius 1 is 0.867 bits per heavy atom. The van der Waals surface area contributed by atoms with Crippen LogP contribution in [-0.2, 0) is 0 Å². The van der Waals surface area contributed by atoms with Crippen LogP contribution in [0, 0.1) is 5.92 Å². The molecule has 0 aliphatic rings. The Morgan fingerprint density at radius 3 is 2.00 bits per heavy atom. The third-order valence-corrected chi connectivity index (χ3v) is 3.17. The lowest BCUT2D eigenvalue weighted by Gasteiger charge is -2.19. The second kappa shape index (κ2) is 10.5. The first-order valence-corrected chi connectivity index (χ1v) is 6.85. The van der Waals surface area contributed by atoms with Gasteiger partial charge in [-0.2, -0.15) is 0 Å². The molecule has 0 aliphatic heterocycles. The molecule has 0 radical (unpaired) electrons. The summed E-state index contributed by atoms with van der Waals surface area (Å²) in [5, 5.41) is 0. The molecule has 92 valence electrons. The van der Waals surface area contributed by atoms with E-state index >= 15 is 0 Å². The lowest BCUT2D eigenvalue weighted by atomic mass is 9.97. The molecular formula is C14H31N. The van der Waals surface area contributed by atoms with E-state index in [2.05, 4.69) is 32.8 Å². The number of unbranched alkanes of at least 4 members (excludes halogenated alkanes) is 5. The Bertz CT molecular complexity index is 121. The van der Waals surface area contributed by atoms with Gasteiger partial charge in [0.1, 0.15) is 0 Å². The highest BCUT2D eigenvalue weighted by Gasteiger charge is 2.06. The van der Waals surface area contributed by atoms with E-state index in [4.69, 9.17) is 0 Å². The van der Waals surface area contributed by atoms with Crippen LogP contribution >= 0.6 is 0 Å². The molecule has 0 saturated heterocycles. The molecule has 0 amide bonds. The minimum Gasteiger partial charge on any atom is -0.309 e. The van der Waals surface area contributed by atoms with Crippen molar-refractivity contribution in [3.8, 4) is 0 Å². The van der Waals surface area contributed by atoms with Crippen molar-refractivity contribution in [3.05, 3.63) is 0 Å². The molecule has 1 nitrogen and oxygen atoms in total. The Balaban J connectivity index is 3.30. The lowest BCUT2D eigenvalue weighted by molar-refractivity contribution is 0.299. The van der Waals surface area contributed by atoms with Crippen LogP contribution < -0.4 is 0 Å². The van der Waals surface area contributed by atoms with Gasteiger partial charge in [-0.05, 0) is 26.4 Å². The van der Waals surface area contributed by atoms with Crippen LogP contribution in [0.1, 0.15) is 65.2 Å². The Morgan fingerprint density at radius 2 is 1.47 bits per heavy atom. The van der Waals surface area contributed by atoms with Gasteiger partial charge in [-0.15, -0.1) is 0 Å². The average Bonchev–Trinajstić information content (AvgIpc) is 2.20. The fraction of sp³-hybridized carbons (Fsp3) is 1.00. The minimum atomic E-state index is 0.922. The highest BCUT2D eigenvalue weighted by atomic mass is 15.1. The van der Waals surface area contributed by atoms with Gasteiger partial charge in [0, 0.05) is 6.54 Å². The number of nitrogens with zero attached hydrogens (tertiary/aromatic N) is 1. The van der Waals surface area contributed by atoms with Crippen molar-refractivity contribution in [1.29, 1.82) is 0 Å². The molecule has 0 heterocycles. The summed E-state index contributed by atoms with van der Waals surface area (Å²) in [5.74, 6) is 0.922. The first-order valence-electron chi connectivity index (χ1n) is 6.85. The van der Waals surface area contributed by atoms with E-state index in [0.717, 1.165) is 5.92 Å². The van der Waals surface area contributed by atoms with Crippen molar-refractivity contribution in [2.45, 2.75) is 65.2 Å². The van der Waals surface area contributed by atoms with Crippen molar-refractivity contribution in [2.75, 3.05) is 20.6 Å². The summed E-state index contributed by atoms with van der Waals surface area (Å²) in [7, 11) is 4.37. The molecule has 1 unspecified atom stereocenters. The quantitative estimate of drug-likeness (QED) is 0.488. The summed E-state index contributed by atoms with van der Waals surface area (Å²) >= 11 is 0. The van der Waals surface area contributed by atoms with Crippen LogP contribution in [0.15, 0.2) is 0 Å². The van der Waals surface area contributed by atoms with E-state index in [0.29, 0.717) is 0 Å². The molecule has 0 saturated carbocycles. The maximum atomic E-state index is 2.32. The van der Waals surface area contributed by atoms with Gasteiger partial charge in [-0.3, -0.25) is 0 Å². The van der Waals surface area contributed by atoms with Crippen LogP contribution in [0.3, 0.4) is 0 Å². The second-order valence-electron chi connectivity index (χ2n) is 5.09. The van der Waals surface area contributed by atoms with Crippen molar-refractivity contribution in [3.63, 3.8) is 0 Å². The zero-order valence-electron chi connectivity index (χ0n) is 11.4. The number of hydrogen-bond donors (Lipinski definition) is 0. The predicted octanol–water partition coefficient (Wildman–Crippen LogP) is 4.32. The summed E-state index contributed by atoms with van der Waals surface area (Å²) < 4.78 is 0. The first-order chi connectivity index (χ1) is 7.20. The second-order valence-corrected chi connectivity index (χ2v) is 5.09. The van der Waals surface area contributed by atoms with E-state index in [1.165, 1.54) is 57.9 Å². The molecule has 0 bridgehead atoms. The lowest BCUT2D eigenvalue weighted by Crippen LogP contribution is -2.21. The van der Waals surface area contributed by atoms with Gasteiger partial charge in [0.2, 0.25) is 0 Å². The summed E-state index contributed by atoms with van der Waals surface area (Å²) in [6.45, 7) is 5.88. The molecule has 0 aromatic carbocycles. The van der Waals surface area contributed by atoms with Crippen LogP contribution in [-0.4, -0.2) is 25.5 Å². The van der Waals surface area contributed by atoms with Crippen molar-refractivity contribution >= 4 is 0 Å². The number of hydrogen-bond acceptors (Lipinski definition) is 1. The average molecular weight is 213 g/mol. The molecule has 1 heteroatoms. The normalized spacial score (nSPS) is 13.4. The monoisotopic (exact) mass is 213 g/mol. The van der Waals surface area contributed by atoms with Crippen molar-refractivity contribution in [2.24, 2.45) is 5.92 Å². The van der Waals surface area contributed by atoms with Gasteiger partial charge >= 0.3 is 0 Å². The van der Waals surface area contributed by atoms with Crippen LogP contribution in [0.4, 0.5) is 0 Å². The molecule has 0 aromatic rings. The maximum Gasteiger partial charge on any atom is 0.000346 e. The first kappa shape index (κ1) is 15.0. The zero-order valence-corrected chi connectivity index (χ0v) is 11.4. The van der Waals surface area contributed by atoms with Gasteiger partial charge < -0.3 is 4.90 Å². The maximum absolute atomic E-state index is 2.32. The molecule has 0 fully saturated rings. The third kappa shape index (κ3) is 10.2. The summed E-state index contributed by atoms with van der Waals surface area (Å²) in [6.07, 6.45) is 11.3. The van der Waals surface area contributed by atoms with Crippen LogP contribution in [0.2, 0.25) is 0 Å². The molecule has 15 heavy (non-hydrogen) atoms. The summed E-state index contributed by atoms with van der Waals surface area (Å²) in [6, 6.07) is 0. The van der Waals surface area contributed by atoms with Gasteiger partial charge in [-0.1, -0.05) is 58.8 Å². The highest BCUT2D eigenvalue weighted by molar-refractivity contribution is 4.60. The molecular weight excluding hydrogens is 182 g/mol. The molecule has 0 N–H and O–H groups in total. The molecule has 0 aromatic heterocycles. The fourth-order valence-corrected chi connectivity index (χ4v) is 2.15. The summed E-state index contributed by atoms with van der Waals surface area (Å²) in [5.41, 5.74) is 0. The van der Waals surface area contributed by atoms with Gasteiger partial charge in [0.05, 0.1) is 0 Å². The van der Waals surface area contributed by atoms with Crippen molar-refractivity contribution in [1.82, 2.24) is 4.90 Å². The standard InChI is InChI=1S/C14H31N/c1-5-7-8-9-10-11-12-14(6-2)13-15(3)4/h14H,5-13H2,1-4H3. The number of rotatable bonds is 10. The van der Waals surface area contributed by atoms with Crippen LogP contribution in [0.25, 0.3) is 0 Å². The highest BCUT2D eigenvalue weighted by Crippen LogP contribution is 2.15. The Labute approximate surface area is 97.2 Å². The topological polar surface area (TPSA) is 3.24 Å². The minimum absolute atomic E-state index is 0.922. The zero-order chi connectivity index (χ0) is 11.5. The third-order valence-electron chi connectivity index (χ3n) is 3.17. The smallest absolute Gasteiger partial charge is 0.000346 e. The van der Waals surface area contributed by atoms with E-state index in [1.807, 2.05) is 0 Å². The van der Waals surface area contributed by atoms with Gasteiger partial charge in [0.15, 0.2) is 0 Å². The van der Waals surface area contributed by atoms with E-state index in [-0.39, 0.29) is 0 Å². The Kier molecular flexibility index (Phi) is 10.4. The van der Waals surface area contributed by atoms with E-state index in [1.54, 1.807) is 0 Å². The molecule has 1 atom stereocenters. The van der Waals surface area contributed by atoms with E-state index < -0.39 is 0 Å².